The van der Waals surface area contributed by atoms with E-state index in [0.717, 1.165) is 11.1 Å². The molecule has 2 heteroatoms. The van der Waals surface area contributed by atoms with Crippen LogP contribution in [0.2, 0.25) is 0 Å². The van der Waals surface area contributed by atoms with Crippen LogP contribution in [0.15, 0.2) is 72.8 Å². The van der Waals surface area contributed by atoms with Gasteiger partial charge in [-0.25, -0.2) is 0 Å². The molecule has 0 spiro atoms. The highest BCUT2D eigenvalue weighted by molar-refractivity contribution is 5.31. The van der Waals surface area contributed by atoms with E-state index in [1.807, 2.05) is 66.7 Å². The van der Waals surface area contributed by atoms with Gasteiger partial charge in [-0.1, -0.05) is 60.7 Å². The van der Waals surface area contributed by atoms with Crippen LogP contribution in [0.25, 0.3) is 0 Å². The predicted molar refractivity (Wildman–Crippen MR) is 69.7 cm³/mol. The zero-order chi connectivity index (χ0) is 12.4. The molecule has 0 bridgehead atoms. The van der Waals surface area contributed by atoms with Gasteiger partial charge in [0, 0.05) is 5.56 Å². The minimum absolute atomic E-state index is 0.198. The van der Waals surface area contributed by atoms with E-state index in [0.29, 0.717) is 0 Å². The molecular weight excluding hydrogens is 224 g/mol. The molecule has 0 saturated heterocycles. The third kappa shape index (κ3) is 1.96. The van der Waals surface area contributed by atoms with Gasteiger partial charge in [-0.2, -0.15) is 0 Å². The van der Waals surface area contributed by atoms with Gasteiger partial charge in [0.2, 0.25) is 5.79 Å². The van der Waals surface area contributed by atoms with Crippen LogP contribution in [-0.4, -0.2) is 5.11 Å². The summed E-state index contributed by atoms with van der Waals surface area (Å²) in [5, 5.41) is 10.5. The van der Waals surface area contributed by atoms with Gasteiger partial charge in [0.1, 0.15) is 6.10 Å². The summed E-state index contributed by atoms with van der Waals surface area (Å²) < 4.78 is 5.77. The first-order chi connectivity index (χ1) is 8.78. The van der Waals surface area contributed by atoms with Crippen LogP contribution < -0.4 is 0 Å². The van der Waals surface area contributed by atoms with Gasteiger partial charge in [-0.05, 0) is 17.7 Å². The summed E-state index contributed by atoms with van der Waals surface area (Å²) in [6.45, 7) is 0. The van der Waals surface area contributed by atoms with E-state index in [-0.39, 0.29) is 6.10 Å². The Hall–Kier alpha value is -1.90. The largest absolute Gasteiger partial charge is 0.359 e. The molecule has 1 N–H and O–H groups in total. The first-order valence-corrected chi connectivity index (χ1v) is 5.98. The topological polar surface area (TPSA) is 29.5 Å². The van der Waals surface area contributed by atoms with Gasteiger partial charge in [0.15, 0.2) is 0 Å². The molecule has 0 aliphatic carbocycles. The molecule has 1 aliphatic heterocycles. The Morgan fingerprint density at radius 2 is 1.50 bits per heavy atom. The predicted octanol–water partition coefficient (Wildman–Crippen LogP) is 3.16. The highest BCUT2D eigenvalue weighted by Crippen LogP contribution is 2.37. The van der Waals surface area contributed by atoms with Gasteiger partial charge < -0.3 is 9.84 Å². The summed E-state index contributed by atoms with van der Waals surface area (Å²) >= 11 is 0. The van der Waals surface area contributed by atoms with Crippen LogP contribution in [0, 0.1) is 0 Å². The molecule has 90 valence electrons. The minimum Gasteiger partial charge on any atom is -0.359 e. The quantitative estimate of drug-likeness (QED) is 0.814. The van der Waals surface area contributed by atoms with Crippen molar-refractivity contribution in [1.82, 2.24) is 0 Å². The second-order valence-electron chi connectivity index (χ2n) is 4.37. The van der Waals surface area contributed by atoms with E-state index in [1.54, 1.807) is 6.08 Å². The monoisotopic (exact) mass is 238 g/mol. The summed E-state index contributed by atoms with van der Waals surface area (Å²) in [5.41, 5.74) is 1.79. The molecule has 0 fully saturated rings. The van der Waals surface area contributed by atoms with Crippen LogP contribution in [0.5, 0.6) is 0 Å². The summed E-state index contributed by atoms with van der Waals surface area (Å²) in [4.78, 5) is 0. The number of benzene rings is 2. The number of hydrogen-bond acceptors (Lipinski definition) is 2. The first-order valence-electron chi connectivity index (χ1n) is 5.98. The highest BCUT2D eigenvalue weighted by atomic mass is 16.6. The van der Waals surface area contributed by atoms with Gasteiger partial charge >= 0.3 is 0 Å². The van der Waals surface area contributed by atoms with Crippen molar-refractivity contribution in [3.63, 3.8) is 0 Å². The van der Waals surface area contributed by atoms with E-state index < -0.39 is 5.79 Å². The Morgan fingerprint density at radius 1 is 0.889 bits per heavy atom. The zero-order valence-corrected chi connectivity index (χ0v) is 9.86. The van der Waals surface area contributed by atoms with E-state index in [9.17, 15) is 5.11 Å². The molecule has 0 saturated carbocycles. The van der Waals surface area contributed by atoms with E-state index in [2.05, 4.69) is 0 Å². The smallest absolute Gasteiger partial charge is 0.213 e. The summed E-state index contributed by atoms with van der Waals surface area (Å²) in [6.07, 6.45) is 3.40. The number of ether oxygens (including phenoxy) is 1. The molecule has 2 aromatic rings. The van der Waals surface area contributed by atoms with Crippen LogP contribution in [0.1, 0.15) is 17.2 Å². The lowest BCUT2D eigenvalue weighted by Gasteiger charge is -2.23. The number of aliphatic hydroxyl groups is 1. The van der Waals surface area contributed by atoms with E-state index in [1.165, 1.54) is 0 Å². The molecule has 0 aromatic heterocycles. The summed E-state index contributed by atoms with van der Waals surface area (Å²) in [7, 11) is 0. The second kappa shape index (κ2) is 4.41. The Morgan fingerprint density at radius 3 is 2.17 bits per heavy atom. The van der Waals surface area contributed by atoms with Crippen molar-refractivity contribution < 1.29 is 9.84 Å². The maximum absolute atomic E-state index is 10.5. The molecular formula is C16H14O2. The lowest BCUT2D eigenvalue weighted by molar-refractivity contribution is -0.181. The third-order valence-electron chi connectivity index (χ3n) is 3.12. The number of hydrogen-bond donors (Lipinski definition) is 1. The van der Waals surface area contributed by atoms with Crippen molar-refractivity contribution in [3.05, 3.63) is 83.9 Å². The molecule has 0 amide bonds. The van der Waals surface area contributed by atoms with Crippen molar-refractivity contribution in [2.24, 2.45) is 0 Å². The normalized spacial score (nSPS) is 26.4. The van der Waals surface area contributed by atoms with Crippen molar-refractivity contribution in [2.75, 3.05) is 0 Å². The Balaban J connectivity index is 1.86. The Bertz CT molecular complexity index is 548. The zero-order valence-electron chi connectivity index (χ0n) is 9.86. The third-order valence-corrected chi connectivity index (χ3v) is 3.12. The maximum Gasteiger partial charge on any atom is 0.213 e. The van der Waals surface area contributed by atoms with Gasteiger partial charge in [-0.3, -0.25) is 0 Å². The molecule has 3 rings (SSSR count). The lowest BCUT2D eigenvalue weighted by atomic mass is 10.1. The second-order valence-corrected chi connectivity index (χ2v) is 4.37. The Labute approximate surface area is 106 Å². The first kappa shape index (κ1) is 11.2. The molecule has 0 radical (unpaired) electrons. The van der Waals surface area contributed by atoms with Crippen molar-refractivity contribution in [3.8, 4) is 0 Å². The maximum atomic E-state index is 10.5. The molecule has 18 heavy (non-hydrogen) atoms. The standard InChI is InChI=1S/C16H14O2/c17-16(14-9-5-2-6-10-14)12-11-15(18-16)13-7-3-1-4-8-13/h1-12,15,17H/t15-,16-/m0/s1. The van der Waals surface area contributed by atoms with Crippen LogP contribution >= 0.6 is 0 Å². The fourth-order valence-corrected chi connectivity index (χ4v) is 2.15. The fourth-order valence-electron chi connectivity index (χ4n) is 2.15. The highest BCUT2D eigenvalue weighted by Gasteiger charge is 2.35. The Kier molecular flexibility index (Phi) is 2.74. The fraction of sp³-hybridized carbons (Fsp3) is 0.125. The minimum atomic E-state index is -1.32. The van der Waals surface area contributed by atoms with E-state index in [4.69, 9.17) is 4.74 Å². The van der Waals surface area contributed by atoms with Crippen LogP contribution in [-0.2, 0) is 10.5 Å². The van der Waals surface area contributed by atoms with Crippen LogP contribution in [0.3, 0.4) is 0 Å². The molecule has 0 unspecified atom stereocenters. The molecule has 2 atom stereocenters. The molecule has 1 aliphatic rings. The van der Waals surface area contributed by atoms with Gasteiger partial charge in [-0.15, -0.1) is 0 Å². The van der Waals surface area contributed by atoms with Crippen molar-refractivity contribution in [2.45, 2.75) is 11.9 Å². The molecule has 2 nitrogen and oxygen atoms in total. The SMILES string of the molecule is O[C@@]1(c2ccccc2)C=C[C@@H](c2ccccc2)O1. The van der Waals surface area contributed by atoms with Gasteiger partial charge in [0.25, 0.3) is 0 Å². The van der Waals surface area contributed by atoms with Crippen molar-refractivity contribution in [1.29, 1.82) is 0 Å². The van der Waals surface area contributed by atoms with E-state index >= 15 is 0 Å². The molecule has 1 heterocycles. The number of rotatable bonds is 2. The molecule has 2 aromatic carbocycles. The average molecular weight is 238 g/mol. The summed E-state index contributed by atoms with van der Waals surface area (Å²) in [5.74, 6) is -1.32. The van der Waals surface area contributed by atoms with Gasteiger partial charge in [0.05, 0.1) is 0 Å². The van der Waals surface area contributed by atoms with Crippen LogP contribution in [0.4, 0.5) is 0 Å². The summed E-state index contributed by atoms with van der Waals surface area (Å²) in [6, 6.07) is 19.3. The van der Waals surface area contributed by atoms with Crippen molar-refractivity contribution >= 4 is 0 Å². The average Bonchev–Trinajstić information content (AvgIpc) is 2.85. The lowest BCUT2D eigenvalue weighted by Crippen LogP contribution is -2.24.